The van der Waals surface area contributed by atoms with Gasteiger partial charge in [-0.1, -0.05) is 13.0 Å². The summed E-state index contributed by atoms with van der Waals surface area (Å²) in [6.07, 6.45) is 2.68. The summed E-state index contributed by atoms with van der Waals surface area (Å²) in [5, 5.41) is 6.65. The first-order chi connectivity index (χ1) is 10.2. The fourth-order valence-electron chi connectivity index (χ4n) is 1.85. The molecular formula is C16H21N3O2. The third kappa shape index (κ3) is 4.63. The maximum absolute atomic E-state index is 11.5. The van der Waals surface area contributed by atoms with Crippen LogP contribution in [0.1, 0.15) is 20.3 Å². The minimum Gasteiger partial charge on any atom is -0.492 e. The second kappa shape index (κ2) is 7.47. The third-order valence-corrected chi connectivity index (χ3v) is 3.22. The molecule has 0 radical (unpaired) electrons. The topological polar surface area (TPSA) is 63.2 Å². The predicted molar refractivity (Wildman–Crippen MR) is 83.5 cm³/mol. The second-order valence-corrected chi connectivity index (χ2v) is 4.92. The number of carbonyl (C=O) groups excluding carboxylic acids is 1. The Labute approximate surface area is 124 Å². The van der Waals surface area contributed by atoms with Crippen LogP contribution in [0.4, 0.5) is 4.79 Å². The molecule has 0 aliphatic carbocycles. The van der Waals surface area contributed by atoms with Gasteiger partial charge >= 0.3 is 6.03 Å². The first-order valence-electron chi connectivity index (χ1n) is 7.21. The Morgan fingerprint density at radius 1 is 1.38 bits per heavy atom. The number of urea groups is 1. The quantitative estimate of drug-likeness (QED) is 0.803. The highest BCUT2D eigenvalue weighted by Gasteiger charge is 2.04. The van der Waals surface area contributed by atoms with E-state index < -0.39 is 0 Å². The number of benzene rings is 1. The van der Waals surface area contributed by atoms with Gasteiger partial charge in [0, 0.05) is 17.6 Å². The molecule has 2 rings (SSSR count). The van der Waals surface area contributed by atoms with E-state index in [9.17, 15) is 4.79 Å². The van der Waals surface area contributed by atoms with Crippen LogP contribution in [0, 0.1) is 0 Å². The molecule has 1 atom stereocenters. The number of amides is 2. The van der Waals surface area contributed by atoms with Gasteiger partial charge in [-0.25, -0.2) is 4.79 Å². The fourth-order valence-corrected chi connectivity index (χ4v) is 1.85. The number of rotatable bonds is 6. The van der Waals surface area contributed by atoms with Crippen molar-refractivity contribution >= 4 is 16.9 Å². The van der Waals surface area contributed by atoms with Crippen molar-refractivity contribution < 1.29 is 9.53 Å². The van der Waals surface area contributed by atoms with Gasteiger partial charge in [-0.05, 0) is 37.6 Å². The van der Waals surface area contributed by atoms with Crippen LogP contribution in [0.3, 0.4) is 0 Å². The molecule has 21 heavy (non-hydrogen) atoms. The molecule has 1 heterocycles. The molecule has 0 spiro atoms. The summed E-state index contributed by atoms with van der Waals surface area (Å²) < 4.78 is 5.63. The lowest BCUT2D eigenvalue weighted by Gasteiger charge is -2.13. The Bertz CT molecular complexity index is 601. The van der Waals surface area contributed by atoms with Crippen molar-refractivity contribution in [3.8, 4) is 5.75 Å². The van der Waals surface area contributed by atoms with Gasteiger partial charge in [-0.15, -0.1) is 0 Å². The molecule has 5 nitrogen and oxygen atoms in total. The number of hydrogen-bond donors (Lipinski definition) is 2. The van der Waals surface area contributed by atoms with Crippen LogP contribution in [0.15, 0.2) is 36.5 Å². The highest BCUT2D eigenvalue weighted by Crippen LogP contribution is 2.18. The molecule has 1 aromatic heterocycles. The molecule has 0 saturated carbocycles. The summed E-state index contributed by atoms with van der Waals surface area (Å²) >= 11 is 0. The van der Waals surface area contributed by atoms with Crippen molar-refractivity contribution in [3.63, 3.8) is 0 Å². The molecule has 0 aliphatic rings. The van der Waals surface area contributed by atoms with Crippen molar-refractivity contribution in [3.05, 3.63) is 36.5 Å². The molecular weight excluding hydrogens is 266 g/mol. The Hall–Kier alpha value is -2.30. The van der Waals surface area contributed by atoms with Gasteiger partial charge < -0.3 is 15.4 Å². The van der Waals surface area contributed by atoms with E-state index in [1.54, 1.807) is 6.20 Å². The zero-order valence-corrected chi connectivity index (χ0v) is 12.4. The average molecular weight is 287 g/mol. The maximum atomic E-state index is 11.5. The zero-order valence-electron chi connectivity index (χ0n) is 12.4. The summed E-state index contributed by atoms with van der Waals surface area (Å²) in [5.41, 5.74) is 0.941. The van der Waals surface area contributed by atoms with Crippen molar-refractivity contribution in [1.29, 1.82) is 0 Å². The smallest absolute Gasteiger partial charge is 0.315 e. The zero-order chi connectivity index (χ0) is 15.1. The van der Waals surface area contributed by atoms with Crippen LogP contribution in [-0.4, -0.2) is 30.2 Å². The van der Waals surface area contributed by atoms with Crippen LogP contribution in [-0.2, 0) is 0 Å². The van der Waals surface area contributed by atoms with E-state index in [0.717, 1.165) is 23.1 Å². The largest absolute Gasteiger partial charge is 0.492 e. The normalized spacial score (nSPS) is 11.9. The highest BCUT2D eigenvalue weighted by molar-refractivity contribution is 5.79. The van der Waals surface area contributed by atoms with Crippen molar-refractivity contribution in [2.45, 2.75) is 26.3 Å². The van der Waals surface area contributed by atoms with E-state index >= 15 is 0 Å². The Morgan fingerprint density at radius 2 is 2.24 bits per heavy atom. The summed E-state index contributed by atoms with van der Waals surface area (Å²) in [7, 11) is 0. The number of pyridine rings is 1. The lowest BCUT2D eigenvalue weighted by molar-refractivity contribution is 0.233. The molecule has 1 aromatic carbocycles. The Kier molecular flexibility index (Phi) is 5.37. The van der Waals surface area contributed by atoms with Crippen molar-refractivity contribution in [2.24, 2.45) is 0 Å². The van der Waals surface area contributed by atoms with Crippen molar-refractivity contribution in [1.82, 2.24) is 15.6 Å². The molecule has 0 saturated heterocycles. The van der Waals surface area contributed by atoms with Crippen LogP contribution in [0.5, 0.6) is 5.75 Å². The van der Waals surface area contributed by atoms with Crippen LogP contribution < -0.4 is 15.4 Å². The number of aromatic nitrogens is 1. The number of fused-ring (bicyclic) bond motifs is 1. The predicted octanol–water partition coefficient (Wildman–Crippen LogP) is 2.71. The lowest BCUT2D eigenvalue weighted by atomic mass is 10.2. The monoisotopic (exact) mass is 287 g/mol. The first-order valence-corrected chi connectivity index (χ1v) is 7.21. The van der Waals surface area contributed by atoms with Crippen LogP contribution in [0.25, 0.3) is 10.9 Å². The maximum Gasteiger partial charge on any atom is 0.315 e. The number of carbonyl (C=O) groups is 1. The second-order valence-electron chi connectivity index (χ2n) is 4.92. The number of ether oxygens (including phenoxy) is 1. The third-order valence-electron chi connectivity index (χ3n) is 3.22. The van der Waals surface area contributed by atoms with Crippen molar-refractivity contribution in [2.75, 3.05) is 13.2 Å². The SMILES string of the molecule is CCC(C)NC(=O)NCCOc1ccc2ncccc2c1. The Morgan fingerprint density at radius 3 is 3.05 bits per heavy atom. The molecule has 112 valence electrons. The average Bonchev–Trinajstić information content (AvgIpc) is 2.51. The summed E-state index contributed by atoms with van der Waals surface area (Å²) in [6.45, 7) is 4.90. The molecule has 0 bridgehead atoms. The number of nitrogens with one attached hydrogen (secondary N) is 2. The van der Waals surface area contributed by atoms with Gasteiger partial charge in [0.25, 0.3) is 0 Å². The van der Waals surface area contributed by atoms with E-state index in [2.05, 4.69) is 15.6 Å². The van der Waals surface area contributed by atoms with Gasteiger partial charge in [-0.2, -0.15) is 0 Å². The van der Waals surface area contributed by atoms with Crippen LogP contribution in [0.2, 0.25) is 0 Å². The van der Waals surface area contributed by atoms with Gasteiger partial charge in [-0.3, -0.25) is 4.98 Å². The molecule has 2 aromatic rings. The Balaban J connectivity index is 1.76. The summed E-state index contributed by atoms with van der Waals surface area (Å²) in [4.78, 5) is 15.8. The summed E-state index contributed by atoms with van der Waals surface area (Å²) in [5.74, 6) is 0.777. The molecule has 5 heteroatoms. The fraction of sp³-hybridized carbons (Fsp3) is 0.375. The van der Waals surface area contributed by atoms with Crippen LogP contribution >= 0.6 is 0 Å². The molecule has 2 amide bonds. The van der Waals surface area contributed by atoms with E-state index in [1.807, 2.05) is 44.2 Å². The highest BCUT2D eigenvalue weighted by atomic mass is 16.5. The standard InChI is InChI=1S/C16H21N3O2/c1-3-12(2)19-16(20)18-9-10-21-14-6-7-15-13(11-14)5-4-8-17-15/h4-8,11-12H,3,9-10H2,1-2H3,(H2,18,19,20). The van der Waals surface area contributed by atoms with Gasteiger partial charge in [0.05, 0.1) is 12.1 Å². The number of nitrogens with zero attached hydrogens (tertiary/aromatic N) is 1. The summed E-state index contributed by atoms with van der Waals surface area (Å²) in [6, 6.07) is 9.67. The van der Waals surface area contributed by atoms with E-state index in [0.29, 0.717) is 13.2 Å². The molecule has 0 fully saturated rings. The minimum absolute atomic E-state index is 0.157. The number of hydrogen-bond acceptors (Lipinski definition) is 3. The molecule has 1 unspecified atom stereocenters. The van der Waals surface area contributed by atoms with Gasteiger partial charge in [0.1, 0.15) is 12.4 Å². The minimum atomic E-state index is -0.157. The van der Waals surface area contributed by atoms with Gasteiger partial charge in [0.15, 0.2) is 0 Å². The van der Waals surface area contributed by atoms with E-state index in [-0.39, 0.29) is 12.1 Å². The van der Waals surface area contributed by atoms with Gasteiger partial charge in [0.2, 0.25) is 0 Å². The van der Waals surface area contributed by atoms with E-state index in [1.165, 1.54) is 0 Å². The lowest BCUT2D eigenvalue weighted by Crippen LogP contribution is -2.41. The molecule has 2 N–H and O–H groups in total. The van der Waals surface area contributed by atoms with E-state index in [4.69, 9.17) is 4.74 Å². The first kappa shape index (κ1) is 15.1. The molecule has 0 aliphatic heterocycles.